The molecule has 1 aliphatic rings. The highest BCUT2D eigenvalue weighted by Gasteiger charge is 2.49. The van der Waals surface area contributed by atoms with Crippen LogP contribution in [0.5, 0.6) is 0 Å². The summed E-state index contributed by atoms with van der Waals surface area (Å²) in [6.07, 6.45) is 6.43. The zero-order valence-electron chi connectivity index (χ0n) is 8.75. The maximum atomic E-state index is 14.9. The van der Waals surface area contributed by atoms with Crippen molar-refractivity contribution < 1.29 is 9.18 Å². The fourth-order valence-electron chi connectivity index (χ4n) is 1.69. The molecule has 0 saturated carbocycles. The Labute approximate surface area is 96.3 Å². The summed E-state index contributed by atoms with van der Waals surface area (Å²) in [7, 11) is 0. The highest BCUT2D eigenvalue weighted by Crippen LogP contribution is 2.39. The van der Waals surface area contributed by atoms with Crippen molar-refractivity contribution in [3.8, 4) is 0 Å². The second-order valence-electron chi connectivity index (χ2n) is 3.56. The van der Waals surface area contributed by atoms with Crippen molar-refractivity contribution in [3.63, 3.8) is 0 Å². The van der Waals surface area contributed by atoms with E-state index in [9.17, 15) is 9.18 Å². The van der Waals surface area contributed by atoms with Crippen LogP contribution in [0.1, 0.15) is 5.82 Å². The van der Waals surface area contributed by atoms with Gasteiger partial charge in [-0.05, 0) is 6.08 Å². The summed E-state index contributed by atoms with van der Waals surface area (Å²) in [5.41, 5.74) is 8.28. The number of primary amides is 1. The quantitative estimate of drug-likeness (QED) is 0.721. The first-order chi connectivity index (χ1) is 8.06. The van der Waals surface area contributed by atoms with Crippen LogP contribution in [0.15, 0.2) is 36.6 Å². The average Bonchev–Trinajstić information content (AvgIpc) is 2.33. The molecule has 2 rings (SSSR count). The summed E-state index contributed by atoms with van der Waals surface area (Å²) < 4.78 is 14.9. The van der Waals surface area contributed by atoms with Gasteiger partial charge in [0.05, 0.1) is 5.70 Å². The van der Waals surface area contributed by atoms with Gasteiger partial charge in [0.25, 0.3) is 0 Å². The Morgan fingerprint density at radius 3 is 2.65 bits per heavy atom. The third-order valence-electron chi connectivity index (χ3n) is 2.55. The molecular formula is C10H10FN5O. The topological polar surface area (TPSA) is 108 Å². The summed E-state index contributed by atoms with van der Waals surface area (Å²) >= 11 is 0. The Balaban J connectivity index is 2.56. The molecule has 88 valence electrons. The van der Waals surface area contributed by atoms with Gasteiger partial charge in [-0.1, -0.05) is 12.2 Å². The molecule has 0 saturated heterocycles. The number of rotatable bonds is 2. The van der Waals surface area contributed by atoms with Gasteiger partial charge in [-0.2, -0.15) is 0 Å². The van der Waals surface area contributed by atoms with Gasteiger partial charge in [0.2, 0.25) is 11.6 Å². The van der Waals surface area contributed by atoms with Gasteiger partial charge in [-0.3, -0.25) is 4.79 Å². The fraction of sp³-hybridized carbons (Fsp3) is 0.200. The summed E-state index contributed by atoms with van der Waals surface area (Å²) in [5.74, 6) is -2.29. The van der Waals surface area contributed by atoms with E-state index in [0.29, 0.717) is 0 Å². The van der Waals surface area contributed by atoms with Gasteiger partial charge in [-0.15, -0.1) is 0 Å². The molecule has 0 fully saturated rings. The molecule has 0 aromatic carbocycles. The molecule has 0 aliphatic heterocycles. The molecular weight excluding hydrogens is 225 g/mol. The molecule has 1 heterocycles. The van der Waals surface area contributed by atoms with Crippen molar-refractivity contribution in [2.24, 2.45) is 17.4 Å². The van der Waals surface area contributed by atoms with Crippen LogP contribution in [0.25, 0.3) is 0 Å². The molecule has 2 atom stereocenters. The van der Waals surface area contributed by atoms with E-state index in [0.717, 1.165) is 12.7 Å². The van der Waals surface area contributed by atoms with Crippen molar-refractivity contribution >= 4 is 5.91 Å². The predicted octanol–water partition coefficient (Wildman–Crippen LogP) is -0.450. The van der Waals surface area contributed by atoms with Crippen LogP contribution in [-0.4, -0.2) is 20.9 Å². The highest BCUT2D eigenvalue weighted by atomic mass is 19.1. The Morgan fingerprint density at radius 1 is 1.41 bits per heavy atom. The maximum absolute atomic E-state index is 14.9. The number of carbonyl (C=O) groups excluding carboxylic acids is 1. The van der Waals surface area contributed by atoms with E-state index in [1.165, 1.54) is 18.2 Å². The van der Waals surface area contributed by atoms with Gasteiger partial charge in [-0.25, -0.2) is 19.3 Å². The van der Waals surface area contributed by atoms with E-state index in [2.05, 4.69) is 15.0 Å². The molecule has 2 unspecified atom stereocenters. The van der Waals surface area contributed by atoms with Crippen LogP contribution in [0.2, 0.25) is 0 Å². The molecule has 1 amide bonds. The zero-order chi connectivity index (χ0) is 12.5. The van der Waals surface area contributed by atoms with Crippen LogP contribution in [-0.2, 0) is 10.5 Å². The van der Waals surface area contributed by atoms with Crippen molar-refractivity contribution in [1.29, 1.82) is 0 Å². The number of nitrogens with two attached hydrogens (primary N) is 2. The Morgan fingerprint density at radius 2 is 2.06 bits per heavy atom. The number of carbonyl (C=O) groups is 1. The number of allylic oxidation sites excluding steroid dienone is 3. The van der Waals surface area contributed by atoms with Crippen LogP contribution < -0.4 is 11.5 Å². The zero-order valence-corrected chi connectivity index (χ0v) is 8.75. The number of hydrogen-bond acceptors (Lipinski definition) is 5. The van der Waals surface area contributed by atoms with E-state index in [1.54, 1.807) is 0 Å². The molecule has 4 N–H and O–H groups in total. The number of amides is 1. The molecule has 0 spiro atoms. The Kier molecular flexibility index (Phi) is 2.58. The lowest BCUT2D eigenvalue weighted by molar-refractivity contribution is -0.124. The van der Waals surface area contributed by atoms with Gasteiger partial charge >= 0.3 is 0 Å². The molecule has 6 nitrogen and oxygen atoms in total. The SMILES string of the molecule is NC(=O)C1C=CC=C(N)C1(F)c1ncncn1. The highest BCUT2D eigenvalue weighted by molar-refractivity contribution is 5.81. The molecule has 0 radical (unpaired) electrons. The second kappa shape index (κ2) is 3.93. The van der Waals surface area contributed by atoms with Crippen LogP contribution in [0, 0.1) is 5.92 Å². The Hall–Kier alpha value is -2.31. The van der Waals surface area contributed by atoms with Gasteiger partial charge in [0, 0.05) is 0 Å². The van der Waals surface area contributed by atoms with Crippen molar-refractivity contribution in [3.05, 3.63) is 42.4 Å². The first-order valence-electron chi connectivity index (χ1n) is 4.82. The first-order valence-corrected chi connectivity index (χ1v) is 4.82. The standard InChI is InChI=1S/C10H10FN5O/c11-10(9-15-4-14-5-16-9)6(8(13)17)2-1-3-7(10)12/h1-6H,12H2,(H2,13,17). The molecule has 0 bridgehead atoms. The molecule has 7 heteroatoms. The fourth-order valence-corrected chi connectivity index (χ4v) is 1.69. The Bertz CT molecular complexity index is 501. The number of alkyl halides is 1. The van der Waals surface area contributed by atoms with Crippen LogP contribution >= 0.6 is 0 Å². The monoisotopic (exact) mass is 235 g/mol. The lowest BCUT2D eigenvalue weighted by Gasteiger charge is -2.30. The van der Waals surface area contributed by atoms with Crippen molar-refractivity contribution in [2.75, 3.05) is 0 Å². The molecule has 17 heavy (non-hydrogen) atoms. The average molecular weight is 235 g/mol. The maximum Gasteiger partial charge on any atom is 0.228 e. The van der Waals surface area contributed by atoms with Gasteiger partial charge in [0.1, 0.15) is 18.6 Å². The predicted molar refractivity (Wildman–Crippen MR) is 56.7 cm³/mol. The van der Waals surface area contributed by atoms with E-state index < -0.39 is 17.5 Å². The number of nitrogens with zero attached hydrogens (tertiary/aromatic N) is 3. The number of hydrogen-bond donors (Lipinski definition) is 2. The third-order valence-corrected chi connectivity index (χ3v) is 2.55. The summed E-state index contributed by atoms with van der Waals surface area (Å²) in [6, 6.07) is 0. The number of halogens is 1. The third kappa shape index (κ3) is 1.65. The van der Waals surface area contributed by atoms with E-state index >= 15 is 0 Å². The van der Waals surface area contributed by atoms with E-state index in [4.69, 9.17) is 11.5 Å². The van der Waals surface area contributed by atoms with Crippen LogP contribution in [0.4, 0.5) is 4.39 Å². The minimum absolute atomic E-state index is 0.157. The minimum Gasteiger partial charge on any atom is -0.399 e. The second-order valence-corrected chi connectivity index (χ2v) is 3.56. The smallest absolute Gasteiger partial charge is 0.228 e. The van der Waals surface area contributed by atoms with Crippen molar-refractivity contribution in [1.82, 2.24) is 15.0 Å². The summed E-state index contributed by atoms with van der Waals surface area (Å²) in [6.45, 7) is 0. The normalized spacial score (nSPS) is 27.6. The summed E-state index contributed by atoms with van der Waals surface area (Å²) in [5, 5.41) is 0. The van der Waals surface area contributed by atoms with Crippen LogP contribution in [0.3, 0.4) is 0 Å². The largest absolute Gasteiger partial charge is 0.399 e. The van der Waals surface area contributed by atoms with E-state index in [-0.39, 0.29) is 11.5 Å². The molecule has 1 aliphatic carbocycles. The van der Waals surface area contributed by atoms with Gasteiger partial charge < -0.3 is 11.5 Å². The minimum atomic E-state index is -2.32. The number of aromatic nitrogens is 3. The van der Waals surface area contributed by atoms with Crippen molar-refractivity contribution in [2.45, 2.75) is 5.67 Å². The van der Waals surface area contributed by atoms with Gasteiger partial charge in [0.15, 0.2) is 5.82 Å². The molecule has 1 aromatic rings. The lowest BCUT2D eigenvalue weighted by atomic mass is 9.81. The lowest BCUT2D eigenvalue weighted by Crippen LogP contribution is -2.44. The first kappa shape index (κ1) is 11.2. The summed E-state index contributed by atoms with van der Waals surface area (Å²) in [4.78, 5) is 22.2. The van der Waals surface area contributed by atoms with E-state index in [1.807, 2.05) is 0 Å². The molecule has 1 aromatic heterocycles.